The number of amides is 1. The average Bonchev–Trinajstić information content (AvgIpc) is 2.94. The van der Waals surface area contributed by atoms with E-state index in [0.717, 1.165) is 5.01 Å². The van der Waals surface area contributed by atoms with Crippen molar-refractivity contribution in [3.63, 3.8) is 0 Å². The van der Waals surface area contributed by atoms with Crippen molar-refractivity contribution in [2.24, 2.45) is 5.73 Å². The number of nitrogens with two attached hydrogens (primary N) is 1. The summed E-state index contributed by atoms with van der Waals surface area (Å²) in [5.74, 6) is 0.627. The minimum atomic E-state index is -0.275. The summed E-state index contributed by atoms with van der Waals surface area (Å²) in [6.07, 6.45) is 0. The summed E-state index contributed by atoms with van der Waals surface area (Å²) in [4.78, 5) is 19.7. The number of aromatic nitrogens is 3. The maximum atomic E-state index is 11.7. The van der Waals surface area contributed by atoms with E-state index in [0.29, 0.717) is 24.0 Å². The molecule has 0 aliphatic heterocycles. The topological polar surface area (TPSA) is 107 Å². The van der Waals surface area contributed by atoms with E-state index in [2.05, 4.69) is 20.4 Å². The fourth-order valence-corrected chi connectivity index (χ4v) is 1.83. The zero-order chi connectivity index (χ0) is 12.3. The second kappa shape index (κ2) is 6.43. The lowest BCUT2D eigenvalue weighted by molar-refractivity contribution is 0.0945. The standard InChI is InChI=1S/C9H11N5O2S.ClH/c1-5-12-7(14-16-5)3-11-9(15)6-4-17-8(2-10)13-6;/h4H,2-3,10H2,1H3,(H,11,15);1H. The van der Waals surface area contributed by atoms with Gasteiger partial charge in [-0.1, -0.05) is 5.16 Å². The van der Waals surface area contributed by atoms with E-state index >= 15 is 0 Å². The first-order chi connectivity index (χ1) is 8.19. The molecule has 0 spiro atoms. The zero-order valence-corrected chi connectivity index (χ0v) is 11.2. The SMILES string of the molecule is Cc1nc(CNC(=O)c2csc(CN)n2)no1.Cl. The highest BCUT2D eigenvalue weighted by Gasteiger charge is 2.11. The second-order valence-electron chi connectivity index (χ2n) is 3.24. The Morgan fingerprint density at radius 2 is 2.33 bits per heavy atom. The van der Waals surface area contributed by atoms with Crippen molar-refractivity contribution in [3.8, 4) is 0 Å². The Morgan fingerprint density at radius 1 is 1.56 bits per heavy atom. The molecule has 0 unspecified atom stereocenters. The van der Waals surface area contributed by atoms with Crippen molar-refractivity contribution in [1.29, 1.82) is 0 Å². The number of carbonyl (C=O) groups is 1. The van der Waals surface area contributed by atoms with Crippen molar-refractivity contribution < 1.29 is 9.32 Å². The van der Waals surface area contributed by atoms with E-state index < -0.39 is 0 Å². The number of carbonyl (C=O) groups excluding carboxylic acids is 1. The molecule has 0 fully saturated rings. The molecule has 2 aromatic heterocycles. The predicted octanol–water partition coefficient (Wildman–Crippen LogP) is 0.645. The zero-order valence-electron chi connectivity index (χ0n) is 9.54. The van der Waals surface area contributed by atoms with E-state index in [4.69, 9.17) is 10.3 Å². The highest BCUT2D eigenvalue weighted by Crippen LogP contribution is 2.08. The van der Waals surface area contributed by atoms with Crippen LogP contribution in [0.4, 0.5) is 0 Å². The largest absolute Gasteiger partial charge is 0.343 e. The highest BCUT2D eigenvalue weighted by molar-refractivity contribution is 7.09. The van der Waals surface area contributed by atoms with E-state index in [1.54, 1.807) is 12.3 Å². The average molecular weight is 290 g/mol. The summed E-state index contributed by atoms with van der Waals surface area (Å²) in [6.45, 7) is 2.24. The molecule has 98 valence electrons. The van der Waals surface area contributed by atoms with Gasteiger partial charge in [-0.25, -0.2) is 4.98 Å². The normalized spacial score (nSPS) is 9.89. The van der Waals surface area contributed by atoms with Crippen LogP contribution < -0.4 is 11.1 Å². The van der Waals surface area contributed by atoms with Crippen molar-refractivity contribution >= 4 is 29.7 Å². The third-order valence-electron chi connectivity index (χ3n) is 1.94. The van der Waals surface area contributed by atoms with Gasteiger partial charge in [-0.2, -0.15) is 4.98 Å². The van der Waals surface area contributed by atoms with Crippen LogP contribution in [0.5, 0.6) is 0 Å². The van der Waals surface area contributed by atoms with Crippen LogP contribution in [0.25, 0.3) is 0 Å². The van der Waals surface area contributed by atoms with Crippen LogP contribution in [0.15, 0.2) is 9.90 Å². The van der Waals surface area contributed by atoms with E-state index in [1.807, 2.05) is 0 Å². The Hall–Kier alpha value is -1.51. The van der Waals surface area contributed by atoms with Crippen LogP contribution in [-0.2, 0) is 13.1 Å². The van der Waals surface area contributed by atoms with Crippen LogP contribution in [0, 0.1) is 6.92 Å². The quantitative estimate of drug-likeness (QED) is 0.855. The summed E-state index contributed by atoms with van der Waals surface area (Å²) in [6, 6.07) is 0. The number of thiazole rings is 1. The van der Waals surface area contributed by atoms with Gasteiger partial charge < -0.3 is 15.6 Å². The molecule has 0 bridgehead atoms. The van der Waals surface area contributed by atoms with Crippen LogP contribution in [0.2, 0.25) is 0 Å². The monoisotopic (exact) mass is 289 g/mol. The maximum absolute atomic E-state index is 11.7. The molecule has 1 amide bonds. The molecule has 2 aromatic rings. The van der Waals surface area contributed by atoms with Crippen LogP contribution in [-0.4, -0.2) is 21.0 Å². The van der Waals surface area contributed by atoms with Gasteiger partial charge in [0.1, 0.15) is 10.7 Å². The first-order valence-electron chi connectivity index (χ1n) is 4.91. The summed E-state index contributed by atoms with van der Waals surface area (Å²) >= 11 is 1.36. The molecule has 9 heteroatoms. The molecule has 2 heterocycles. The number of rotatable bonds is 4. The molecule has 18 heavy (non-hydrogen) atoms. The second-order valence-corrected chi connectivity index (χ2v) is 4.19. The Labute approximate surface area is 113 Å². The summed E-state index contributed by atoms with van der Waals surface area (Å²) in [7, 11) is 0. The van der Waals surface area contributed by atoms with Crippen LogP contribution >= 0.6 is 23.7 Å². The minimum absolute atomic E-state index is 0. The molecule has 0 atom stereocenters. The molecular formula is C9H12ClN5O2S. The molecule has 0 aromatic carbocycles. The number of aryl methyl sites for hydroxylation is 1. The van der Waals surface area contributed by atoms with Crippen molar-refractivity contribution in [3.05, 3.63) is 27.8 Å². The Balaban J connectivity index is 0.00000162. The Bertz CT molecular complexity index is 527. The van der Waals surface area contributed by atoms with Crippen molar-refractivity contribution in [2.45, 2.75) is 20.0 Å². The van der Waals surface area contributed by atoms with Crippen LogP contribution in [0.1, 0.15) is 27.2 Å². The molecule has 2 rings (SSSR count). The van der Waals surface area contributed by atoms with Gasteiger partial charge >= 0.3 is 0 Å². The summed E-state index contributed by atoms with van der Waals surface area (Å²) in [5, 5.41) is 8.70. The Kier molecular flexibility index (Phi) is 5.20. The summed E-state index contributed by atoms with van der Waals surface area (Å²) in [5.41, 5.74) is 5.77. The van der Waals surface area contributed by atoms with Gasteiger partial charge in [0, 0.05) is 18.8 Å². The van der Waals surface area contributed by atoms with Crippen molar-refractivity contribution in [2.75, 3.05) is 0 Å². The lowest BCUT2D eigenvalue weighted by atomic mass is 10.4. The number of hydrogen-bond donors (Lipinski definition) is 2. The first-order valence-corrected chi connectivity index (χ1v) is 5.79. The van der Waals surface area contributed by atoms with E-state index in [-0.39, 0.29) is 24.9 Å². The minimum Gasteiger partial charge on any atom is -0.343 e. The van der Waals surface area contributed by atoms with Crippen LogP contribution in [0.3, 0.4) is 0 Å². The maximum Gasteiger partial charge on any atom is 0.271 e. The number of nitrogens with one attached hydrogen (secondary N) is 1. The molecule has 0 saturated carbocycles. The van der Waals surface area contributed by atoms with E-state index in [9.17, 15) is 4.79 Å². The smallest absolute Gasteiger partial charge is 0.271 e. The van der Waals surface area contributed by atoms with Gasteiger partial charge in [0.15, 0.2) is 5.82 Å². The molecular weight excluding hydrogens is 278 g/mol. The number of halogens is 1. The number of nitrogens with zero attached hydrogens (tertiary/aromatic N) is 3. The molecule has 0 radical (unpaired) electrons. The predicted molar refractivity (Wildman–Crippen MR) is 67.5 cm³/mol. The van der Waals surface area contributed by atoms with Gasteiger partial charge in [-0.15, -0.1) is 23.7 Å². The summed E-state index contributed by atoms with van der Waals surface area (Å²) < 4.78 is 4.78. The van der Waals surface area contributed by atoms with Gasteiger partial charge in [0.25, 0.3) is 5.91 Å². The lowest BCUT2D eigenvalue weighted by Crippen LogP contribution is -2.23. The lowest BCUT2D eigenvalue weighted by Gasteiger charge is -1.98. The highest BCUT2D eigenvalue weighted by atomic mass is 35.5. The molecule has 0 aliphatic rings. The van der Waals surface area contributed by atoms with Gasteiger partial charge in [-0.05, 0) is 0 Å². The fourth-order valence-electron chi connectivity index (χ4n) is 1.17. The molecule has 3 N–H and O–H groups in total. The molecule has 7 nitrogen and oxygen atoms in total. The molecule has 0 aliphatic carbocycles. The number of hydrogen-bond acceptors (Lipinski definition) is 7. The molecule has 0 saturated heterocycles. The third-order valence-corrected chi connectivity index (χ3v) is 2.81. The van der Waals surface area contributed by atoms with Gasteiger partial charge in [-0.3, -0.25) is 4.79 Å². The van der Waals surface area contributed by atoms with Gasteiger partial charge in [0.2, 0.25) is 5.89 Å². The fraction of sp³-hybridized carbons (Fsp3) is 0.333. The van der Waals surface area contributed by atoms with E-state index in [1.165, 1.54) is 11.3 Å². The van der Waals surface area contributed by atoms with Crippen molar-refractivity contribution in [1.82, 2.24) is 20.4 Å². The first kappa shape index (κ1) is 14.6. The van der Waals surface area contributed by atoms with Gasteiger partial charge in [0.05, 0.1) is 6.54 Å². The third kappa shape index (κ3) is 3.49. The Morgan fingerprint density at radius 3 is 2.89 bits per heavy atom.